The van der Waals surface area contributed by atoms with Crippen LogP contribution in [0.3, 0.4) is 0 Å². The zero-order chi connectivity index (χ0) is 22.9. The fourth-order valence-corrected chi connectivity index (χ4v) is 5.63. The van der Waals surface area contributed by atoms with Gasteiger partial charge in [-0.05, 0) is 46.0 Å². The number of ether oxygens (including phenoxy) is 1. The summed E-state index contributed by atoms with van der Waals surface area (Å²) in [7, 11) is -0.236. The molecular weight excluding hydrogens is 433 g/mol. The van der Waals surface area contributed by atoms with Gasteiger partial charge in [-0.15, -0.1) is 0 Å². The van der Waals surface area contributed by atoms with Crippen LogP contribution in [-0.4, -0.2) is 19.1 Å². The van der Waals surface area contributed by atoms with Crippen molar-refractivity contribution in [2.24, 2.45) is 5.92 Å². The molecule has 1 N–H and O–H groups in total. The number of nitrogens with one attached hydrogen (secondary N) is 1. The van der Waals surface area contributed by atoms with E-state index in [4.69, 9.17) is 13.1 Å². The maximum absolute atomic E-state index is 12.5. The average molecular weight is 459 g/mol. The van der Waals surface area contributed by atoms with E-state index in [0.717, 1.165) is 43.5 Å². The largest absolute Gasteiger partial charge is 0.468 e. The normalized spacial score (nSPS) is 12.6. The first-order chi connectivity index (χ1) is 16.0. The second-order valence-electron chi connectivity index (χ2n) is 8.59. The van der Waals surface area contributed by atoms with Crippen LogP contribution in [0.1, 0.15) is 20.3 Å². The lowest BCUT2D eigenvalue weighted by Crippen LogP contribution is -2.30. The van der Waals surface area contributed by atoms with Crippen molar-refractivity contribution in [2.45, 2.75) is 26.3 Å². The summed E-state index contributed by atoms with van der Waals surface area (Å²) >= 11 is 0. The lowest BCUT2D eigenvalue weighted by molar-refractivity contribution is -0.141. The van der Waals surface area contributed by atoms with Crippen molar-refractivity contribution in [1.29, 1.82) is 0 Å². The van der Waals surface area contributed by atoms with Gasteiger partial charge in [0.2, 0.25) is 0 Å². The molecule has 5 nitrogen and oxygen atoms in total. The Hall–Kier alpha value is -3.27. The Bertz CT molecular complexity index is 1420. The highest BCUT2D eigenvalue weighted by atomic mass is 31.1. The molecule has 5 aromatic rings. The molecule has 0 unspecified atom stereocenters. The number of fused-ring (bicyclic) bond motifs is 7. The van der Waals surface area contributed by atoms with Crippen molar-refractivity contribution in [2.75, 3.05) is 12.2 Å². The van der Waals surface area contributed by atoms with E-state index in [2.05, 4.69) is 55.3 Å². The molecule has 0 spiro atoms. The molecule has 4 aromatic carbocycles. The van der Waals surface area contributed by atoms with Gasteiger partial charge in [-0.3, -0.25) is 4.79 Å². The van der Waals surface area contributed by atoms with Crippen molar-refractivity contribution >= 4 is 57.6 Å². The summed E-state index contributed by atoms with van der Waals surface area (Å²) in [5.41, 5.74) is 1.46. The van der Waals surface area contributed by atoms with Crippen molar-refractivity contribution in [1.82, 2.24) is 0 Å². The molecule has 0 aliphatic carbocycles. The molecule has 0 saturated carbocycles. The maximum atomic E-state index is 12.5. The zero-order valence-electron chi connectivity index (χ0n) is 18.9. The van der Waals surface area contributed by atoms with Crippen LogP contribution >= 0.6 is 8.16 Å². The second-order valence-corrected chi connectivity index (χ2v) is 9.73. The van der Waals surface area contributed by atoms with Crippen LogP contribution in [0.5, 0.6) is 0 Å². The van der Waals surface area contributed by atoms with E-state index in [-0.39, 0.29) is 5.97 Å². The minimum atomic E-state index is -1.64. The fourth-order valence-electron chi connectivity index (χ4n) is 4.36. The monoisotopic (exact) mass is 459 g/mol. The number of esters is 1. The van der Waals surface area contributed by atoms with E-state index in [9.17, 15) is 4.79 Å². The van der Waals surface area contributed by atoms with Crippen molar-refractivity contribution in [3.8, 4) is 0 Å². The van der Waals surface area contributed by atoms with E-state index < -0.39 is 14.2 Å². The van der Waals surface area contributed by atoms with Gasteiger partial charge >= 0.3 is 14.1 Å². The predicted octanol–water partition coefficient (Wildman–Crippen LogP) is 7.73. The molecule has 0 radical (unpaired) electrons. The third kappa shape index (κ3) is 4.10. The van der Waals surface area contributed by atoms with Gasteiger partial charge in [-0.25, -0.2) is 5.09 Å². The highest BCUT2D eigenvalue weighted by Gasteiger charge is 2.23. The quantitative estimate of drug-likeness (QED) is 0.273. The third-order valence-corrected chi connectivity index (χ3v) is 7.10. The standard InChI is InChI=1S/C27H26NO4P/c1-17(2)16-22(27(29)30-3)28-33-31-23-14-12-18-8-4-6-10-20(18)25(23)26-21-11-7-5-9-19(21)13-15-24(26)32-33/h4-15,17,22,28H,16H2,1-3H3/t22-/m0/s1. The molecule has 1 atom stereocenters. The lowest BCUT2D eigenvalue weighted by Gasteiger charge is -2.16. The van der Waals surface area contributed by atoms with Gasteiger partial charge in [0.05, 0.1) is 7.11 Å². The van der Waals surface area contributed by atoms with Crippen molar-refractivity contribution in [3.05, 3.63) is 72.8 Å². The lowest BCUT2D eigenvalue weighted by atomic mass is 9.99. The zero-order valence-corrected chi connectivity index (χ0v) is 19.8. The Labute approximate surface area is 192 Å². The smallest absolute Gasteiger partial charge is 0.323 e. The molecule has 0 aliphatic rings. The summed E-state index contributed by atoms with van der Waals surface area (Å²) in [5, 5.41) is 9.76. The number of methoxy groups -OCH3 is 1. The van der Waals surface area contributed by atoms with E-state index in [1.807, 2.05) is 36.4 Å². The fraction of sp³-hybridized carbons (Fsp3) is 0.222. The molecule has 5 rings (SSSR count). The Morgan fingerprint density at radius 3 is 1.85 bits per heavy atom. The molecule has 33 heavy (non-hydrogen) atoms. The minimum absolute atomic E-state index is 0.302. The predicted molar refractivity (Wildman–Crippen MR) is 136 cm³/mol. The molecule has 0 fully saturated rings. The molecule has 1 heterocycles. The Morgan fingerprint density at radius 1 is 0.848 bits per heavy atom. The molecular formula is C27H26NO4P. The number of rotatable bonds is 5. The van der Waals surface area contributed by atoms with Crippen LogP contribution in [0.2, 0.25) is 0 Å². The summed E-state index contributed by atoms with van der Waals surface area (Å²) < 4.78 is 17.9. The molecule has 1 aromatic heterocycles. The van der Waals surface area contributed by atoms with E-state index in [1.54, 1.807) is 0 Å². The SMILES string of the molecule is COC(=O)[C@H](CC(C)C)Np1oc2ccc3ccccc3c2c2c(ccc3ccccc32)o1. The van der Waals surface area contributed by atoms with E-state index in [1.165, 1.54) is 7.11 Å². The summed E-state index contributed by atoms with van der Waals surface area (Å²) in [6.45, 7) is 4.14. The van der Waals surface area contributed by atoms with Crippen LogP contribution < -0.4 is 5.09 Å². The van der Waals surface area contributed by atoms with Crippen LogP contribution in [-0.2, 0) is 9.53 Å². The number of hydrogen-bond acceptors (Lipinski definition) is 5. The molecule has 168 valence electrons. The summed E-state index contributed by atoms with van der Waals surface area (Å²) in [6, 6.07) is 24.1. The van der Waals surface area contributed by atoms with E-state index in [0.29, 0.717) is 12.3 Å². The van der Waals surface area contributed by atoms with Crippen LogP contribution in [0.4, 0.5) is 0 Å². The first kappa shape index (κ1) is 21.6. The van der Waals surface area contributed by atoms with Crippen molar-refractivity contribution in [3.63, 3.8) is 0 Å². The first-order valence-electron chi connectivity index (χ1n) is 11.1. The van der Waals surface area contributed by atoms with Gasteiger partial charge in [0.15, 0.2) is 0 Å². The van der Waals surface area contributed by atoms with Gasteiger partial charge in [-0.1, -0.05) is 74.5 Å². The summed E-state index contributed by atoms with van der Waals surface area (Å²) in [6.07, 6.45) is 0.618. The molecule has 0 amide bonds. The maximum Gasteiger partial charge on any atom is 0.323 e. The van der Waals surface area contributed by atoms with Gasteiger partial charge in [0.25, 0.3) is 0 Å². The van der Waals surface area contributed by atoms with Gasteiger partial charge in [0, 0.05) is 10.8 Å². The van der Waals surface area contributed by atoms with Crippen molar-refractivity contribution < 1.29 is 17.9 Å². The molecule has 0 saturated heterocycles. The minimum Gasteiger partial charge on any atom is -0.468 e. The third-order valence-electron chi connectivity index (χ3n) is 5.85. The van der Waals surface area contributed by atoms with Crippen LogP contribution in [0.15, 0.2) is 81.2 Å². The van der Waals surface area contributed by atoms with Gasteiger partial charge in [0.1, 0.15) is 17.2 Å². The number of benzene rings is 4. The average Bonchev–Trinajstić information content (AvgIpc) is 2.99. The molecule has 0 bridgehead atoms. The Balaban J connectivity index is 1.86. The van der Waals surface area contributed by atoms with Gasteiger partial charge < -0.3 is 13.1 Å². The highest BCUT2D eigenvalue weighted by Crippen LogP contribution is 2.40. The van der Waals surface area contributed by atoms with Gasteiger partial charge in [-0.2, -0.15) is 0 Å². The summed E-state index contributed by atoms with van der Waals surface area (Å²) in [5.74, 6) is -0.0174. The number of hydrogen-bond donors (Lipinski definition) is 1. The second kappa shape index (κ2) is 8.93. The number of carbonyl (C=O) groups is 1. The summed E-state index contributed by atoms with van der Waals surface area (Å²) in [4.78, 5) is 12.5. The highest BCUT2D eigenvalue weighted by molar-refractivity contribution is 7.38. The topological polar surface area (TPSA) is 64.6 Å². The van der Waals surface area contributed by atoms with Crippen LogP contribution in [0.25, 0.3) is 43.5 Å². The Kier molecular flexibility index (Phi) is 5.84. The Morgan fingerprint density at radius 2 is 1.36 bits per heavy atom. The van der Waals surface area contributed by atoms with E-state index >= 15 is 0 Å². The number of carbonyl (C=O) groups excluding carboxylic acids is 1. The molecule has 0 aliphatic heterocycles. The first-order valence-corrected chi connectivity index (χ1v) is 12.3. The van der Waals surface area contributed by atoms with Crippen LogP contribution in [0, 0.1) is 5.92 Å². The molecule has 6 heteroatoms.